The van der Waals surface area contributed by atoms with E-state index in [-0.39, 0.29) is 16.7 Å². The Morgan fingerprint density at radius 2 is 2.00 bits per heavy atom. The smallest absolute Gasteiger partial charge is 0.234 e. The monoisotopic (exact) mass is 468 g/mol. The Balaban J connectivity index is 1.68. The molecule has 0 radical (unpaired) electrons. The zero-order chi connectivity index (χ0) is 19.4. The second-order valence-electron chi connectivity index (χ2n) is 5.52. The molecule has 1 heterocycles. The van der Waals surface area contributed by atoms with Crippen LogP contribution in [0.25, 0.3) is 11.4 Å². The number of hydrogen-bond donors (Lipinski definition) is 1. The van der Waals surface area contributed by atoms with Gasteiger partial charge in [-0.25, -0.2) is 4.39 Å². The molecular formula is C18H15BrClFN4OS. The highest BCUT2D eigenvalue weighted by Gasteiger charge is 2.15. The Hall–Kier alpha value is -1.90. The molecule has 0 fully saturated rings. The van der Waals surface area contributed by atoms with Crippen molar-refractivity contribution in [1.82, 2.24) is 14.8 Å². The molecule has 2 aromatic carbocycles. The van der Waals surface area contributed by atoms with Crippen molar-refractivity contribution in [2.75, 3.05) is 11.1 Å². The summed E-state index contributed by atoms with van der Waals surface area (Å²) in [7, 11) is 0. The van der Waals surface area contributed by atoms with Gasteiger partial charge in [-0.15, -0.1) is 10.2 Å². The summed E-state index contributed by atoms with van der Waals surface area (Å²) >= 11 is 10.4. The van der Waals surface area contributed by atoms with Crippen molar-refractivity contribution in [3.63, 3.8) is 0 Å². The molecule has 1 amide bonds. The first-order valence-corrected chi connectivity index (χ1v) is 10.2. The van der Waals surface area contributed by atoms with E-state index in [2.05, 4.69) is 31.4 Å². The second-order valence-corrected chi connectivity index (χ2v) is 7.79. The van der Waals surface area contributed by atoms with Crippen molar-refractivity contribution >= 4 is 50.9 Å². The van der Waals surface area contributed by atoms with E-state index in [9.17, 15) is 9.18 Å². The number of carbonyl (C=O) groups excluding carboxylic acids is 1. The van der Waals surface area contributed by atoms with Crippen LogP contribution >= 0.6 is 39.3 Å². The number of halogens is 3. The van der Waals surface area contributed by atoms with Gasteiger partial charge >= 0.3 is 0 Å². The van der Waals surface area contributed by atoms with Crippen molar-refractivity contribution in [3.05, 3.63) is 57.8 Å². The predicted octanol–water partition coefficient (Wildman–Crippen LogP) is 5.25. The maximum atomic E-state index is 13.2. The zero-order valence-corrected chi connectivity index (χ0v) is 17.4. The van der Waals surface area contributed by atoms with E-state index >= 15 is 0 Å². The lowest BCUT2D eigenvalue weighted by atomic mass is 10.2. The van der Waals surface area contributed by atoms with E-state index in [0.29, 0.717) is 17.4 Å². The maximum absolute atomic E-state index is 13.2. The quantitative estimate of drug-likeness (QED) is 0.501. The first-order chi connectivity index (χ1) is 13.0. The number of thioether (sulfide) groups is 1. The van der Waals surface area contributed by atoms with Gasteiger partial charge in [0.15, 0.2) is 11.0 Å². The van der Waals surface area contributed by atoms with Crippen molar-refractivity contribution < 1.29 is 9.18 Å². The molecule has 0 aliphatic rings. The molecule has 0 bridgehead atoms. The van der Waals surface area contributed by atoms with Crippen LogP contribution in [-0.4, -0.2) is 26.4 Å². The van der Waals surface area contributed by atoms with Crippen LogP contribution in [0.15, 0.2) is 52.1 Å². The lowest BCUT2D eigenvalue weighted by molar-refractivity contribution is -0.113. The van der Waals surface area contributed by atoms with Crippen molar-refractivity contribution in [3.8, 4) is 11.4 Å². The first kappa shape index (κ1) is 19.9. The van der Waals surface area contributed by atoms with Crippen molar-refractivity contribution in [1.29, 1.82) is 0 Å². The zero-order valence-electron chi connectivity index (χ0n) is 14.2. The number of benzene rings is 2. The molecule has 0 saturated carbocycles. The van der Waals surface area contributed by atoms with Crippen LogP contribution in [0.1, 0.15) is 6.92 Å². The number of nitrogens with zero attached hydrogens (tertiary/aromatic N) is 3. The average Bonchev–Trinajstić information content (AvgIpc) is 3.06. The van der Waals surface area contributed by atoms with Gasteiger partial charge in [-0.05, 0) is 37.3 Å². The van der Waals surface area contributed by atoms with Gasteiger partial charge < -0.3 is 9.88 Å². The lowest BCUT2D eigenvalue weighted by Gasteiger charge is -2.08. The SMILES string of the molecule is CCn1c(SCC(=O)Nc2ccc(F)c(Cl)c2)nnc1-c1ccc(Br)cc1. The molecule has 0 saturated heterocycles. The van der Waals surface area contributed by atoms with Gasteiger partial charge in [-0.2, -0.15) is 0 Å². The molecule has 3 aromatic rings. The highest BCUT2D eigenvalue weighted by Crippen LogP contribution is 2.25. The molecule has 9 heteroatoms. The molecule has 5 nitrogen and oxygen atoms in total. The number of aromatic nitrogens is 3. The topological polar surface area (TPSA) is 59.8 Å². The summed E-state index contributed by atoms with van der Waals surface area (Å²) in [4.78, 5) is 12.2. The number of hydrogen-bond acceptors (Lipinski definition) is 4. The third kappa shape index (κ3) is 4.88. The normalized spacial score (nSPS) is 10.8. The summed E-state index contributed by atoms with van der Waals surface area (Å²) in [5.74, 6) is 0.130. The van der Waals surface area contributed by atoms with Gasteiger partial charge in [0.1, 0.15) is 5.82 Å². The molecule has 1 N–H and O–H groups in total. The van der Waals surface area contributed by atoms with Crippen LogP contribution in [0.2, 0.25) is 5.02 Å². The lowest BCUT2D eigenvalue weighted by Crippen LogP contribution is -2.14. The number of anilines is 1. The molecule has 0 unspecified atom stereocenters. The van der Waals surface area contributed by atoms with Crippen LogP contribution in [0.5, 0.6) is 0 Å². The summed E-state index contributed by atoms with van der Waals surface area (Å²) < 4.78 is 16.1. The average molecular weight is 470 g/mol. The predicted molar refractivity (Wildman–Crippen MR) is 110 cm³/mol. The molecule has 3 rings (SSSR count). The first-order valence-electron chi connectivity index (χ1n) is 8.04. The van der Waals surface area contributed by atoms with Crippen LogP contribution in [0.3, 0.4) is 0 Å². The molecular weight excluding hydrogens is 455 g/mol. The summed E-state index contributed by atoms with van der Waals surface area (Å²) in [5.41, 5.74) is 1.39. The Morgan fingerprint density at radius 1 is 1.26 bits per heavy atom. The Labute approximate surface area is 173 Å². The third-order valence-corrected chi connectivity index (χ3v) is 5.46. The van der Waals surface area contributed by atoms with E-state index in [4.69, 9.17) is 11.6 Å². The van der Waals surface area contributed by atoms with Gasteiger partial charge in [-0.1, -0.05) is 51.4 Å². The minimum absolute atomic E-state index is 0.0367. The molecule has 140 valence electrons. The van der Waals surface area contributed by atoms with E-state index < -0.39 is 5.82 Å². The van der Waals surface area contributed by atoms with Crippen molar-refractivity contribution in [2.24, 2.45) is 0 Å². The number of amides is 1. The Morgan fingerprint density at radius 3 is 2.67 bits per heavy atom. The van der Waals surface area contributed by atoms with Gasteiger partial charge in [0.25, 0.3) is 0 Å². The van der Waals surface area contributed by atoms with Crippen molar-refractivity contribution in [2.45, 2.75) is 18.6 Å². The Bertz CT molecular complexity index is 964. The highest BCUT2D eigenvalue weighted by atomic mass is 79.9. The minimum Gasteiger partial charge on any atom is -0.325 e. The van der Waals surface area contributed by atoms with E-state index in [1.807, 2.05) is 35.8 Å². The van der Waals surface area contributed by atoms with E-state index in [1.54, 1.807) is 0 Å². The Kier molecular flexibility index (Phi) is 6.51. The van der Waals surface area contributed by atoms with Gasteiger partial charge in [0.05, 0.1) is 10.8 Å². The van der Waals surface area contributed by atoms with Gasteiger partial charge in [0, 0.05) is 22.3 Å². The summed E-state index contributed by atoms with van der Waals surface area (Å²) in [5, 5.41) is 11.8. The number of rotatable bonds is 6. The van der Waals surface area contributed by atoms with E-state index in [1.165, 1.54) is 30.0 Å². The maximum Gasteiger partial charge on any atom is 0.234 e. The highest BCUT2D eigenvalue weighted by molar-refractivity contribution is 9.10. The molecule has 1 aromatic heterocycles. The minimum atomic E-state index is -0.527. The van der Waals surface area contributed by atoms with E-state index in [0.717, 1.165) is 15.9 Å². The summed E-state index contributed by atoms with van der Waals surface area (Å²) in [6.07, 6.45) is 0. The van der Waals surface area contributed by atoms with Crippen LogP contribution in [0, 0.1) is 5.82 Å². The number of carbonyl (C=O) groups is 1. The largest absolute Gasteiger partial charge is 0.325 e. The second kappa shape index (κ2) is 8.86. The van der Waals surface area contributed by atoms with Gasteiger partial charge in [-0.3, -0.25) is 4.79 Å². The number of nitrogens with one attached hydrogen (secondary N) is 1. The van der Waals surface area contributed by atoms with Crippen LogP contribution in [0.4, 0.5) is 10.1 Å². The fourth-order valence-corrected chi connectivity index (χ4v) is 3.64. The van der Waals surface area contributed by atoms with Gasteiger partial charge in [0.2, 0.25) is 5.91 Å². The third-order valence-electron chi connectivity index (χ3n) is 3.67. The molecule has 0 aliphatic heterocycles. The standard InChI is InChI=1S/C18H15BrClFN4OS/c1-2-25-17(11-3-5-12(19)6-4-11)23-24-18(25)27-10-16(26)22-13-7-8-15(21)14(20)9-13/h3-9H,2,10H2,1H3,(H,22,26). The molecule has 0 atom stereocenters. The van der Waals surface area contributed by atoms with Crippen LogP contribution in [-0.2, 0) is 11.3 Å². The molecule has 27 heavy (non-hydrogen) atoms. The fourth-order valence-electron chi connectivity index (χ4n) is 2.39. The van der Waals surface area contributed by atoms with Crippen LogP contribution < -0.4 is 5.32 Å². The summed E-state index contributed by atoms with van der Waals surface area (Å²) in [6, 6.07) is 11.8. The summed E-state index contributed by atoms with van der Waals surface area (Å²) in [6.45, 7) is 2.67. The molecule has 0 spiro atoms. The fraction of sp³-hybridized carbons (Fsp3) is 0.167. The molecule has 0 aliphatic carbocycles.